The molecule has 1 saturated carbocycles. The van der Waals surface area contributed by atoms with Gasteiger partial charge in [-0.25, -0.2) is 4.39 Å². The molecule has 0 aliphatic heterocycles. The molecule has 2 amide bonds. The molecule has 0 unspecified atom stereocenters. The first-order valence-electron chi connectivity index (χ1n) is 13.4. The number of hydrogen-bond donors (Lipinski definition) is 2. The average Bonchev–Trinajstić information content (AvgIpc) is 3.69. The summed E-state index contributed by atoms with van der Waals surface area (Å²) in [5.74, 6) is -0.0663. The monoisotopic (exact) mass is 548 g/mol. The quantitative estimate of drug-likeness (QED) is 0.229. The van der Waals surface area contributed by atoms with E-state index in [1.54, 1.807) is 32.4 Å². The van der Waals surface area contributed by atoms with Crippen LogP contribution in [0.1, 0.15) is 44.7 Å². The van der Waals surface area contributed by atoms with E-state index >= 15 is 0 Å². The fraction of sp³-hybridized carbons (Fsp3) is 0.176. The first-order valence-corrected chi connectivity index (χ1v) is 13.4. The van der Waals surface area contributed by atoms with E-state index in [1.165, 1.54) is 12.1 Å². The Hall–Kier alpha value is -4.91. The normalized spacial score (nSPS) is 13.6. The first kappa shape index (κ1) is 26.3. The summed E-state index contributed by atoms with van der Waals surface area (Å²) in [4.78, 5) is 26.7. The summed E-state index contributed by atoms with van der Waals surface area (Å²) in [5.41, 5.74) is 5.18. The molecule has 5 aromatic rings. The lowest BCUT2D eigenvalue weighted by atomic mass is 9.95. The average molecular weight is 549 g/mol. The summed E-state index contributed by atoms with van der Waals surface area (Å²) in [5, 5.41) is 6.55. The molecule has 41 heavy (non-hydrogen) atoms. The van der Waals surface area contributed by atoms with Crippen LogP contribution in [0.5, 0.6) is 5.75 Å². The van der Waals surface area contributed by atoms with Crippen molar-refractivity contribution in [3.63, 3.8) is 0 Å². The Bertz CT molecular complexity index is 1790. The first-order chi connectivity index (χ1) is 19.8. The lowest BCUT2D eigenvalue weighted by molar-refractivity contribution is 0.0926. The van der Waals surface area contributed by atoms with E-state index in [2.05, 4.69) is 10.6 Å². The lowest BCUT2D eigenvalue weighted by Crippen LogP contribution is -2.35. The maximum absolute atomic E-state index is 13.6. The van der Waals surface area contributed by atoms with Gasteiger partial charge in [-0.2, -0.15) is 0 Å². The number of ether oxygens (including phenoxy) is 1. The molecule has 0 spiro atoms. The molecule has 2 N–H and O–H groups in total. The molecule has 0 radical (unpaired) electrons. The van der Waals surface area contributed by atoms with Gasteiger partial charge in [0.05, 0.1) is 23.8 Å². The molecule has 6 nitrogen and oxygen atoms in total. The van der Waals surface area contributed by atoms with Crippen LogP contribution >= 0.6 is 0 Å². The van der Waals surface area contributed by atoms with Gasteiger partial charge in [0, 0.05) is 18.0 Å². The molecule has 6 rings (SSSR count). The number of carbonyl (C=O) groups is 2. The highest BCUT2D eigenvalue weighted by atomic mass is 19.1. The number of halogens is 1. The van der Waals surface area contributed by atoms with Crippen molar-refractivity contribution in [1.29, 1.82) is 0 Å². The molecule has 1 aliphatic rings. The van der Waals surface area contributed by atoms with Gasteiger partial charge in [-0.1, -0.05) is 36.4 Å². The highest BCUT2D eigenvalue weighted by Crippen LogP contribution is 2.46. The van der Waals surface area contributed by atoms with Gasteiger partial charge < -0.3 is 19.8 Å². The molecule has 4 aromatic carbocycles. The van der Waals surface area contributed by atoms with Crippen LogP contribution in [0.25, 0.3) is 33.4 Å². The van der Waals surface area contributed by atoms with Gasteiger partial charge in [-0.15, -0.1) is 0 Å². The molecule has 1 aliphatic carbocycles. The van der Waals surface area contributed by atoms with Gasteiger partial charge in [0.25, 0.3) is 11.8 Å². The van der Waals surface area contributed by atoms with Crippen molar-refractivity contribution in [3.05, 3.63) is 113 Å². The number of hydrogen-bond acceptors (Lipinski definition) is 4. The lowest BCUT2D eigenvalue weighted by Gasteiger charge is -2.19. The van der Waals surface area contributed by atoms with Crippen molar-refractivity contribution >= 4 is 22.8 Å². The molecular formula is C34H29FN2O4. The molecule has 7 heteroatoms. The minimum Gasteiger partial charge on any atom is -0.496 e. The number of benzene rings is 4. The van der Waals surface area contributed by atoms with E-state index < -0.39 is 0 Å². The van der Waals surface area contributed by atoms with Gasteiger partial charge >= 0.3 is 0 Å². The maximum Gasteiger partial charge on any atom is 0.255 e. The van der Waals surface area contributed by atoms with Crippen LogP contribution in [0.15, 0.2) is 89.3 Å². The predicted molar refractivity (Wildman–Crippen MR) is 157 cm³/mol. The Morgan fingerprint density at radius 2 is 1.61 bits per heavy atom. The van der Waals surface area contributed by atoms with Crippen LogP contribution in [0, 0.1) is 12.7 Å². The molecule has 1 aromatic heterocycles. The minimum atomic E-state index is -0.375. The molecule has 0 bridgehead atoms. The zero-order valence-electron chi connectivity index (χ0n) is 23.0. The molecule has 206 valence electrons. The molecule has 1 heterocycles. The Balaban J connectivity index is 1.43. The SMILES string of the molecule is CNC(=O)c1c(-c2ccc(F)cc2)oc2cc(C)c(-c3ccc(OC)c(C(=O)NC4(c5ccccc5)CC4)c3)cc12. The molecule has 0 saturated heterocycles. The number of methoxy groups -OCH3 is 1. The van der Waals surface area contributed by atoms with Crippen LogP contribution in [0.4, 0.5) is 4.39 Å². The van der Waals surface area contributed by atoms with Gasteiger partial charge in [0.1, 0.15) is 22.9 Å². The Kier molecular flexibility index (Phi) is 6.58. The third-order valence-corrected chi connectivity index (χ3v) is 7.78. The number of aryl methyl sites for hydroxylation is 1. The zero-order chi connectivity index (χ0) is 28.7. The van der Waals surface area contributed by atoms with E-state index in [9.17, 15) is 14.0 Å². The molecular weight excluding hydrogens is 519 g/mol. The van der Waals surface area contributed by atoms with Gasteiger partial charge in [-0.3, -0.25) is 9.59 Å². The summed E-state index contributed by atoms with van der Waals surface area (Å²) >= 11 is 0. The van der Waals surface area contributed by atoms with E-state index in [-0.39, 0.29) is 23.2 Å². The number of furan rings is 1. The van der Waals surface area contributed by atoms with E-state index in [0.29, 0.717) is 39.2 Å². The number of nitrogens with one attached hydrogen (secondary N) is 2. The summed E-state index contributed by atoms with van der Waals surface area (Å²) in [6.45, 7) is 1.95. The fourth-order valence-electron chi connectivity index (χ4n) is 5.42. The van der Waals surface area contributed by atoms with Crippen molar-refractivity contribution in [2.75, 3.05) is 14.2 Å². The highest BCUT2D eigenvalue weighted by Gasteiger charge is 2.45. The fourth-order valence-corrected chi connectivity index (χ4v) is 5.42. The Labute approximate surface area is 237 Å². The largest absolute Gasteiger partial charge is 0.496 e. The highest BCUT2D eigenvalue weighted by molar-refractivity contribution is 6.12. The summed E-state index contributed by atoms with van der Waals surface area (Å²) < 4.78 is 25.3. The molecule has 1 fully saturated rings. The van der Waals surface area contributed by atoms with Crippen LogP contribution in [0.3, 0.4) is 0 Å². The predicted octanol–water partition coefficient (Wildman–Crippen LogP) is 7.00. The van der Waals surface area contributed by atoms with Crippen molar-refractivity contribution in [1.82, 2.24) is 10.6 Å². The third-order valence-electron chi connectivity index (χ3n) is 7.78. The van der Waals surface area contributed by atoms with Crippen LogP contribution in [0.2, 0.25) is 0 Å². The van der Waals surface area contributed by atoms with E-state index in [0.717, 1.165) is 35.1 Å². The van der Waals surface area contributed by atoms with Crippen molar-refractivity contribution < 1.29 is 23.1 Å². The number of carbonyl (C=O) groups excluding carboxylic acids is 2. The summed E-state index contributed by atoms with van der Waals surface area (Å²) in [6, 6.07) is 25.1. The minimum absolute atomic E-state index is 0.211. The maximum atomic E-state index is 13.6. The number of amides is 2. The van der Waals surface area contributed by atoms with Crippen molar-refractivity contribution in [3.8, 4) is 28.2 Å². The second-order valence-electron chi connectivity index (χ2n) is 10.4. The number of rotatable bonds is 7. The molecule has 0 atom stereocenters. The summed E-state index contributed by atoms with van der Waals surface area (Å²) in [6.07, 6.45) is 1.75. The van der Waals surface area contributed by atoms with E-state index in [1.807, 2.05) is 61.5 Å². The van der Waals surface area contributed by atoms with Crippen LogP contribution in [-0.2, 0) is 5.54 Å². The smallest absolute Gasteiger partial charge is 0.255 e. The van der Waals surface area contributed by atoms with Crippen LogP contribution in [-0.4, -0.2) is 26.0 Å². The second-order valence-corrected chi connectivity index (χ2v) is 10.4. The standard InChI is InChI=1S/C34H29FN2O4/c1-20-17-29-26(30(33(39)36-2)31(41-29)21-9-12-24(35)13-10-21)19-25(20)22-11-14-28(40-3)27(18-22)32(38)37-34(15-16-34)23-7-5-4-6-8-23/h4-14,17-19H,15-16H2,1-3H3,(H,36,39)(H,37,38). The van der Waals surface area contributed by atoms with E-state index in [4.69, 9.17) is 9.15 Å². The van der Waals surface area contributed by atoms with Crippen molar-refractivity contribution in [2.24, 2.45) is 0 Å². The van der Waals surface area contributed by atoms with Gasteiger partial charge in [0.2, 0.25) is 0 Å². The Morgan fingerprint density at radius 1 is 0.902 bits per heavy atom. The van der Waals surface area contributed by atoms with Gasteiger partial charge in [0.15, 0.2) is 0 Å². The van der Waals surface area contributed by atoms with Crippen LogP contribution < -0.4 is 15.4 Å². The number of fused-ring (bicyclic) bond motifs is 1. The van der Waals surface area contributed by atoms with Crippen molar-refractivity contribution in [2.45, 2.75) is 25.3 Å². The summed E-state index contributed by atoms with van der Waals surface area (Å²) in [7, 11) is 3.10. The van der Waals surface area contributed by atoms with Gasteiger partial charge in [-0.05, 0) is 90.6 Å². The topological polar surface area (TPSA) is 80.6 Å². The third kappa shape index (κ3) is 4.73. The second kappa shape index (κ2) is 10.2. The Morgan fingerprint density at radius 3 is 2.27 bits per heavy atom. The zero-order valence-corrected chi connectivity index (χ0v) is 23.0.